The van der Waals surface area contributed by atoms with Crippen LogP contribution in [0, 0.1) is 34.0 Å². The van der Waals surface area contributed by atoms with Crippen LogP contribution in [0.3, 0.4) is 0 Å². The molecule has 0 aromatic carbocycles. The molecule has 33 heavy (non-hydrogen) atoms. The Labute approximate surface area is 198 Å². The van der Waals surface area contributed by atoms with Crippen molar-refractivity contribution in [1.29, 1.82) is 0 Å². The van der Waals surface area contributed by atoms with E-state index in [1.54, 1.807) is 12.2 Å². The smallest absolute Gasteiger partial charge is 0.178 e. The highest BCUT2D eigenvalue weighted by atomic mass is 16.8. The highest BCUT2D eigenvalue weighted by molar-refractivity contribution is 6.01. The van der Waals surface area contributed by atoms with Crippen LogP contribution >= 0.6 is 0 Å². The molecule has 4 fully saturated rings. The number of aliphatic hydroxyl groups excluding tert-OH is 1. The second kappa shape index (κ2) is 6.89. The number of ether oxygens (including phenoxy) is 2. The average molecular weight is 457 g/mol. The zero-order chi connectivity index (χ0) is 24.2. The van der Waals surface area contributed by atoms with Crippen LogP contribution in [0.2, 0.25) is 0 Å². The second-order valence-corrected chi connectivity index (χ2v) is 12.9. The number of carbonyl (C=O) groups is 2. The summed E-state index contributed by atoms with van der Waals surface area (Å²) in [6.45, 7) is 14.5. The maximum atomic E-state index is 13.9. The summed E-state index contributed by atoms with van der Waals surface area (Å²) >= 11 is 0. The Kier molecular flexibility index (Phi) is 4.89. The summed E-state index contributed by atoms with van der Waals surface area (Å²) in [7, 11) is 0. The van der Waals surface area contributed by atoms with Crippen LogP contribution in [0.5, 0.6) is 0 Å². The first-order valence-corrected chi connectivity index (χ1v) is 12.7. The number of hydrogen-bond donors (Lipinski definition) is 1. The first-order valence-electron chi connectivity index (χ1n) is 12.7. The van der Waals surface area contributed by atoms with Crippen LogP contribution in [0.4, 0.5) is 0 Å². The van der Waals surface area contributed by atoms with Crippen LogP contribution in [0.15, 0.2) is 23.8 Å². The predicted molar refractivity (Wildman–Crippen MR) is 125 cm³/mol. The lowest BCUT2D eigenvalue weighted by molar-refractivity contribution is -0.240. The van der Waals surface area contributed by atoms with Crippen molar-refractivity contribution in [3.63, 3.8) is 0 Å². The standard InChI is InChI=1S/C28H40O5/c1-16(2)12-21(30)28-23(32-24(3,4)33-28)14-20-19-9-8-17-13-18(29)10-11-25(17,5)27(19,7)22(31)15-26(20,28)6/h10-11,13,16,19-20,22-23,31H,8-9,12,14-15H2,1-7H3/t19-,20-,22-,23+,25-,26-,27+,28+/m0/s1. The highest BCUT2D eigenvalue weighted by Crippen LogP contribution is 2.74. The third-order valence-electron chi connectivity index (χ3n) is 10.4. The fraction of sp³-hybridized carbons (Fsp3) is 0.786. The van der Waals surface area contributed by atoms with E-state index in [2.05, 4.69) is 34.6 Å². The number of carbonyl (C=O) groups excluding carboxylic acids is 2. The number of ketones is 2. The molecule has 0 amide bonds. The molecule has 5 rings (SSSR count). The lowest BCUT2D eigenvalue weighted by atomic mass is 9.39. The molecule has 4 aliphatic carbocycles. The van der Waals surface area contributed by atoms with Crippen LogP contribution in [0.1, 0.15) is 80.6 Å². The fourth-order valence-corrected chi connectivity index (χ4v) is 8.76. The Bertz CT molecular complexity index is 961. The molecule has 1 N–H and O–H groups in total. The molecule has 0 bridgehead atoms. The molecule has 5 nitrogen and oxygen atoms in total. The molecule has 0 unspecified atom stereocenters. The molecular weight excluding hydrogens is 416 g/mol. The van der Waals surface area contributed by atoms with Crippen molar-refractivity contribution < 1.29 is 24.2 Å². The maximum Gasteiger partial charge on any atom is 0.178 e. The van der Waals surface area contributed by atoms with Gasteiger partial charge in [0.2, 0.25) is 0 Å². The molecule has 182 valence electrons. The third-order valence-corrected chi connectivity index (χ3v) is 10.4. The largest absolute Gasteiger partial charge is 0.392 e. The Morgan fingerprint density at radius 3 is 2.55 bits per heavy atom. The van der Waals surface area contributed by atoms with E-state index in [0.29, 0.717) is 12.8 Å². The fourth-order valence-electron chi connectivity index (χ4n) is 8.76. The maximum absolute atomic E-state index is 13.9. The quantitative estimate of drug-likeness (QED) is 0.662. The summed E-state index contributed by atoms with van der Waals surface area (Å²) in [5.74, 6) is -0.0226. The minimum absolute atomic E-state index is 0.0392. The molecule has 1 heterocycles. The van der Waals surface area contributed by atoms with E-state index < -0.39 is 28.3 Å². The van der Waals surface area contributed by atoms with Gasteiger partial charge in [0.25, 0.3) is 0 Å². The van der Waals surface area contributed by atoms with Gasteiger partial charge in [0.1, 0.15) is 0 Å². The van der Waals surface area contributed by atoms with E-state index in [0.717, 1.165) is 24.8 Å². The van der Waals surface area contributed by atoms with Crippen molar-refractivity contribution in [3.05, 3.63) is 23.8 Å². The van der Waals surface area contributed by atoms with E-state index in [9.17, 15) is 14.7 Å². The van der Waals surface area contributed by atoms with E-state index in [-0.39, 0.29) is 40.8 Å². The summed E-state index contributed by atoms with van der Waals surface area (Å²) in [6.07, 6.45) is 8.04. The third kappa shape index (κ3) is 2.76. The number of Topliss-reactive ketones (excluding diaryl/α,β-unsaturated/α-hetero) is 1. The van der Waals surface area contributed by atoms with Crippen molar-refractivity contribution >= 4 is 11.6 Å². The van der Waals surface area contributed by atoms with Gasteiger partial charge in [-0.2, -0.15) is 0 Å². The van der Waals surface area contributed by atoms with Crippen molar-refractivity contribution in [2.75, 3.05) is 0 Å². The van der Waals surface area contributed by atoms with E-state index >= 15 is 0 Å². The monoisotopic (exact) mass is 456 g/mol. The molecule has 0 aromatic heterocycles. The topological polar surface area (TPSA) is 72.8 Å². The first kappa shape index (κ1) is 23.4. The minimum atomic E-state index is -1.02. The van der Waals surface area contributed by atoms with Crippen molar-refractivity contribution in [2.45, 2.75) is 104 Å². The Morgan fingerprint density at radius 2 is 1.88 bits per heavy atom. The van der Waals surface area contributed by atoms with Gasteiger partial charge in [0, 0.05) is 22.7 Å². The molecule has 0 aromatic rings. The molecule has 3 saturated carbocycles. The Balaban J connectivity index is 1.62. The van der Waals surface area contributed by atoms with Gasteiger partial charge in [-0.1, -0.05) is 46.3 Å². The lowest BCUT2D eigenvalue weighted by Gasteiger charge is -2.65. The molecule has 8 atom stereocenters. The Hall–Kier alpha value is -1.30. The van der Waals surface area contributed by atoms with Gasteiger partial charge < -0.3 is 14.6 Å². The van der Waals surface area contributed by atoms with Gasteiger partial charge in [0.15, 0.2) is 23.0 Å². The van der Waals surface area contributed by atoms with Crippen molar-refractivity contribution in [3.8, 4) is 0 Å². The molecule has 0 radical (unpaired) electrons. The molecule has 1 saturated heterocycles. The summed E-state index contributed by atoms with van der Waals surface area (Å²) in [5, 5.41) is 11.9. The SMILES string of the molecule is CC(C)CC(=O)[C@@]12OC(C)(C)O[C@@H]1C[C@H]1[C@@H]3CCC4=CC(=O)C=C[C@]4(C)[C@@]3(C)[C@@H](O)C[C@@]12C. The predicted octanol–water partition coefficient (Wildman–Crippen LogP) is 4.77. The number of rotatable bonds is 3. The normalized spacial score (nSPS) is 49.8. The number of hydrogen-bond acceptors (Lipinski definition) is 5. The van der Waals surface area contributed by atoms with Crippen LogP contribution in [-0.2, 0) is 19.1 Å². The van der Waals surface area contributed by atoms with E-state index in [1.165, 1.54) is 0 Å². The van der Waals surface area contributed by atoms with Crippen molar-refractivity contribution in [2.24, 2.45) is 34.0 Å². The van der Waals surface area contributed by atoms with Gasteiger partial charge in [-0.3, -0.25) is 9.59 Å². The van der Waals surface area contributed by atoms with Crippen LogP contribution in [-0.4, -0.2) is 40.3 Å². The first-order chi connectivity index (χ1) is 15.2. The molecule has 5 heteroatoms. The van der Waals surface area contributed by atoms with Gasteiger partial charge in [-0.15, -0.1) is 0 Å². The highest BCUT2D eigenvalue weighted by Gasteiger charge is 2.78. The molecule has 1 aliphatic heterocycles. The molecule has 0 spiro atoms. The summed E-state index contributed by atoms with van der Waals surface area (Å²) in [6, 6.07) is 0. The van der Waals surface area contributed by atoms with Crippen LogP contribution in [0.25, 0.3) is 0 Å². The summed E-state index contributed by atoms with van der Waals surface area (Å²) < 4.78 is 13.1. The summed E-state index contributed by atoms with van der Waals surface area (Å²) in [4.78, 5) is 26.1. The number of allylic oxidation sites excluding steroid dienone is 4. The molecule has 5 aliphatic rings. The van der Waals surface area contributed by atoms with Gasteiger partial charge in [0.05, 0.1) is 12.2 Å². The zero-order valence-electron chi connectivity index (χ0n) is 21.2. The molecular formula is C28H40O5. The lowest BCUT2D eigenvalue weighted by Crippen LogP contribution is -2.67. The van der Waals surface area contributed by atoms with E-state index in [1.807, 2.05) is 19.9 Å². The van der Waals surface area contributed by atoms with Gasteiger partial charge >= 0.3 is 0 Å². The number of fused-ring (bicyclic) bond motifs is 7. The summed E-state index contributed by atoms with van der Waals surface area (Å²) in [5.41, 5.74) is -1.20. The van der Waals surface area contributed by atoms with Crippen LogP contribution < -0.4 is 0 Å². The Morgan fingerprint density at radius 1 is 1.18 bits per heavy atom. The minimum Gasteiger partial charge on any atom is -0.392 e. The van der Waals surface area contributed by atoms with Crippen molar-refractivity contribution in [1.82, 2.24) is 0 Å². The van der Waals surface area contributed by atoms with Gasteiger partial charge in [-0.25, -0.2) is 0 Å². The van der Waals surface area contributed by atoms with E-state index in [4.69, 9.17) is 9.47 Å². The second-order valence-electron chi connectivity index (χ2n) is 12.9. The van der Waals surface area contributed by atoms with Gasteiger partial charge in [-0.05, 0) is 69.4 Å². The number of aliphatic hydroxyl groups is 1. The zero-order valence-corrected chi connectivity index (χ0v) is 21.2. The average Bonchev–Trinajstić information content (AvgIpc) is 3.10.